The van der Waals surface area contributed by atoms with E-state index in [1.807, 2.05) is 6.92 Å². The summed E-state index contributed by atoms with van der Waals surface area (Å²) in [4.78, 5) is 23.8. The van der Waals surface area contributed by atoms with Crippen LogP contribution >= 0.6 is 0 Å². The van der Waals surface area contributed by atoms with Gasteiger partial charge in [-0.3, -0.25) is 4.79 Å². The fourth-order valence-electron chi connectivity index (χ4n) is 2.28. The normalized spacial score (nSPS) is 11.0. The van der Waals surface area contributed by atoms with Crippen molar-refractivity contribution >= 4 is 27.6 Å². The van der Waals surface area contributed by atoms with Gasteiger partial charge in [-0.2, -0.15) is 0 Å². The van der Waals surface area contributed by atoms with E-state index in [4.69, 9.17) is 9.47 Å². The first-order valence-electron chi connectivity index (χ1n) is 9.15. The van der Waals surface area contributed by atoms with Gasteiger partial charge in [0.25, 0.3) is 5.91 Å². The number of sulfonamides is 1. The van der Waals surface area contributed by atoms with Crippen molar-refractivity contribution in [3.63, 3.8) is 0 Å². The van der Waals surface area contributed by atoms with Crippen molar-refractivity contribution in [2.75, 3.05) is 25.1 Å². The fourth-order valence-corrected chi connectivity index (χ4v) is 3.42. The van der Waals surface area contributed by atoms with Crippen LogP contribution in [-0.4, -0.2) is 40.1 Å². The zero-order valence-electron chi connectivity index (χ0n) is 16.3. The van der Waals surface area contributed by atoms with E-state index in [1.54, 1.807) is 31.2 Å². The van der Waals surface area contributed by atoms with Crippen LogP contribution < -0.4 is 14.8 Å². The number of hydrogen-bond donors (Lipinski definition) is 2. The van der Waals surface area contributed by atoms with Crippen LogP contribution in [0.5, 0.6) is 5.75 Å². The molecule has 0 atom stereocenters. The number of hydrogen-bond acceptors (Lipinski definition) is 6. The van der Waals surface area contributed by atoms with Gasteiger partial charge in [0.2, 0.25) is 10.0 Å². The number of benzene rings is 2. The summed E-state index contributed by atoms with van der Waals surface area (Å²) >= 11 is 0. The molecular formula is C20H24N2O6S. The fraction of sp³-hybridized carbons (Fsp3) is 0.300. The SMILES string of the molecule is CCCNS(=O)(=O)c1ccc(OCC(=O)Nc2ccc(C(=O)OCC)cc2)cc1. The molecule has 0 aliphatic rings. The summed E-state index contributed by atoms with van der Waals surface area (Å²) < 4.78 is 36.8. The number of carbonyl (C=O) groups is 2. The molecule has 0 saturated heterocycles. The summed E-state index contributed by atoms with van der Waals surface area (Å²) in [6, 6.07) is 12.1. The number of nitrogens with one attached hydrogen (secondary N) is 2. The van der Waals surface area contributed by atoms with E-state index in [0.717, 1.165) is 0 Å². The molecule has 0 spiro atoms. The second-order valence-electron chi connectivity index (χ2n) is 6.00. The van der Waals surface area contributed by atoms with Gasteiger partial charge in [-0.1, -0.05) is 6.92 Å². The third kappa shape index (κ3) is 6.88. The second kappa shape index (κ2) is 10.6. The van der Waals surface area contributed by atoms with E-state index in [-0.39, 0.29) is 18.1 Å². The molecule has 0 aliphatic heterocycles. The van der Waals surface area contributed by atoms with Crippen molar-refractivity contribution in [3.05, 3.63) is 54.1 Å². The van der Waals surface area contributed by atoms with Crippen molar-refractivity contribution in [3.8, 4) is 5.75 Å². The molecule has 0 fully saturated rings. The molecule has 2 N–H and O–H groups in total. The molecule has 0 radical (unpaired) electrons. The molecule has 156 valence electrons. The lowest BCUT2D eigenvalue weighted by molar-refractivity contribution is -0.118. The maximum atomic E-state index is 12.0. The molecule has 0 aromatic heterocycles. The van der Waals surface area contributed by atoms with E-state index in [9.17, 15) is 18.0 Å². The predicted molar refractivity (Wildman–Crippen MR) is 108 cm³/mol. The molecule has 0 unspecified atom stereocenters. The molecule has 2 aromatic carbocycles. The van der Waals surface area contributed by atoms with E-state index >= 15 is 0 Å². The van der Waals surface area contributed by atoms with Crippen LogP contribution in [-0.2, 0) is 19.6 Å². The van der Waals surface area contributed by atoms with Gasteiger partial charge in [-0.05, 0) is 61.9 Å². The lowest BCUT2D eigenvalue weighted by atomic mass is 10.2. The van der Waals surface area contributed by atoms with Gasteiger partial charge >= 0.3 is 5.97 Å². The molecule has 29 heavy (non-hydrogen) atoms. The van der Waals surface area contributed by atoms with Crippen LogP contribution in [0.4, 0.5) is 5.69 Å². The highest BCUT2D eigenvalue weighted by atomic mass is 32.2. The first-order valence-corrected chi connectivity index (χ1v) is 10.6. The Hall–Kier alpha value is -2.91. The summed E-state index contributed by atoms with van der Waals surface area (Å²) in [5.41, 5.74) is 0.902. The molecule has 0 saturated carbocycles. The largest absolute Gasteiger partial charge is 0.484 e. The van der Waals surface area contributed by atoms with Crippen molar-refractivity contribution in [2.24, 2.45) is 0 Å². The molecule has 0 bridgehead atoms. The Labute approximate surface area is 170 Å². The van der Waals surface area contributed by atoms with Crippen LogP contribution in [0.1, 0.15) is 30.6 Å². The van der Waals surface area contributed by atoms with Crippen molar-refractivity contribution in [1.82, 2.24) is 4.72 Å². The van der Waals surface area contributed by atoms with Crippen LogP contribution in [0.25, 0.3) is 0 Å². The third-order valence-corrected chi connectivity index (χ3v) is 5.20. The van der Waals surface area contributed by atoms with Gasteiger partial charge in [0.1, 0.15) is 5.75 Å². The number of esters is 1. The van der Waals surface area contributed by atoms with Crippen LogP contribution in [0, 0.1) is 0 Å². The zero-order valence-corrected chi connectivity index (χ0v) is 17.1. The van der Waals surface area contributed by atoms with E-state index in [1.165, 1.54) is 24.3 Å². The number of anilines is 1. The van der Waals surface area contributed by atoms with Crippen molar-refractivity contribution in [1.29, 1.82) is 0 Å². The second-order valence-corrected chi connectivity index (χ2v) is 7.77. The minimum Gasteiger partial charge on any atom is -0.484 e. The van der Waals surface area contributed by atoms with Crippen LogP contribution in [0.15, 0.2) is 53.4 Å². The van der Waals surface area contributed by atoms with Gasteiger partial charge in [-0.15, -0.1) is 0 Å². The van der Waals surface area contributed by atoms with Gasteiger partial charge in [-0.25, -0.2) is 17.9 Å². The Balaban J connectivity index is 1.87. The zero-order chi connectivity index (χ0) is 21.3. The van der Waals surface area contributed by atoms with Crippen molar-refractivity contribution < 1.29 is 27.5 Å². The van der Waals surface area contributed by atoms with Crippen LogP contribution in [0.3, 0.4) is 0 Å². The van der Waals surface area contributed by atoms with Gasteiger partial charge in [0.15, 0.2) is 6.61 Å². The first kappa shape index (κ1) is 22.4. The van der Waals surface area contributed by atoms with Gasteiger partial charge in [0.05, 0.1) is 17.1 Å². The van der Waals surface area contributed by atoms with E-state index < -0.39 is 21.9 Å². The Morgan fingerprint density at radius 2 is 1.62 bits per heavy atom. The molecule has 1 amide bonds. The van der Waals surface area contributed by atoms with Gasteiger partial charge < -0.3 is 14.8 Å². The Bertz CT molecular complexity index is 924. The minimum atomic E-state index is -3.54. The lowest BCUT2D eigenvalue weighted by Crippen LogP contribution is -2.24. The maximum Gasteiger partial charge on any atom is 0.338 e. The average molecular weight is 420 g/mol. The van der Waals surface area contributed by atoms with E-state index in [0.29, 0.717) is 30.0 Å². The first-order chi connectivity index (χ1) is 13.9. The van der Waals surface area contributed by atoms with Gasteiger partial charge in [0, 0.05) is 12.2 Å². The number of amides is 1. The standard InChI is InChI=1S/C20H24N2O6S/c1-3-13-21-29(25,26)18-11-9-17(10-12-18)28-14-19(23)22-16-7-5-15(6-8-16)20(24)27-4-2/h5-12,21H,3-4,13-14H2,1-2H3,(H,22,23). The lowest BCUT2D eigenvalue weighted by Gasteiger charge is -2.09. The average Bonchev–Trinajstić information content (AvgIpc) is 2.72. The summed E-state index contributed by atoms with van der Waals surface area (Å²) in [5, 5.41) is 2.65. The van der Waals surface area contributed by atoms with E-state index in [2.05, 4.69) is 10.0 Å². The highest BCUT2D eigenvalue weighted by Gasteiger charge is 2.13. The Morgan fingerprint density at radius 1 is 0.966 bits per heavy atom. The van der Waals surface area contributed by atoms with Crippen LogP contribution in [0.2, 0.25) is 0 Å². The molecular weight excluding hydrogens is 396 g/mol. The minimum absolute atomic E-state index is 0.129. The summed E-state index contributed by atoms with van der Waals surface area (Å²) in [6.45, 7) is 4.00. The molecule has 2 rings (SSSR count). The topological polar surface area (TPSA) is 111 Å². The monoisotopic (exact) mass is 420 g/mol. The quantitative estimate of drug-likeness (QED) is 0.572. The predicted octanol–water partition coefficient (Wildman–Crippen LogP) is 2.57. The summed E-state index contributed by atoms with van der Waals surface area (Å²) in [7, 11) is -3.54. The molecule has 2 aromatic rings. The Kier molecular flexibility index (Phi) is 8.17. The van der Waals surface area contributed by atoms with Crippen molar-refractivity contribution in [2.45, 2.75) is 25.2 Å². The molecule has 0 aliphatic carbocycles. The number of carbonyl (C=O) groups excluding carboxylic acids is 2. The smallest absolute Gasteiger partial charge is 0.338 e. The summed E-state index contributed by atoms with van der Waals surface area (Å²) in [6.07, 6.45) is 0.696. The highest BCUT2D eigenvalue weighted by Crippen LogP contribution is 2.16. The highest BCUT2D eigenvalue weighted by molar-refractivity contribution is 7.89. The third-order valence-electron chi connectivity index (χ3n) is 3.73. The summed E-state index contributed by atoms with van der Waals surface area (Å²) in [5.74, 6) is -0.452. The number of rotatable bonds is 10. The molecule has 9 heteroatoms. The number of ether oxygens (including phenoxy) is 2. The molecule has 0 heterocycles. The molecule has 8 nitrogen and oxygen atoms in total. The Morgan fingerprint density at radius 3 is 2.21 bits per heavy atom. The maximum absolute atomic E-state index is 12.0.